The summed E-state index contributed by atoms with van der Waals surface area (Å²) in [5.41, 5.74) is 0.816. The number of morpholine rings is 1. The molecule has 1 amide bonds. The molecule has 1 aromatic carbocycles. The predicted octanol–water partition coefficient (Wildman–Crippen LogP) is 2.86. The lowest BCUT2D eigenvalue weighted by molar-refractivity contribution is -0.139. The topological polar surface area (TPSA) is 68.5 Å². The van der Waals surface area contributed by atoms with Gasteiger partial charge in [-0.2, -0.15) is 0 Å². The zero-order valence-electron chi connectivity index (χ0n) is 14.4. The summed E-state index contributed by atoms with van der Waals surface area (Å²) in [6, 6.07) is 6.33. The normalized spacial score (nSPS) is 17.9. The minimum atomic E-state index is -0.396. The van der Waals surface area contributed by atoms with Gasteiger partial charge in [-0.1, -0.05) is 26.0 Å². The number of benzene rings is 1. The van der Waals surface area contributed by atoms with Crippen molar-refractivity contribution in [2.45, 2.75) is 38.7 Å². The van der Waals surface area contributed by atoms with Crippen molar-refractivity contribution >= 4 is 5.91 Å². The summed E-state index contributed by atoms with van der Waals surface area (Å²) in [5, 5.41) is 8.05. The van der Waals surface area contributed by atoms with Crippen molar-refractivity contribution in [3.63, 3.8) is 0 Å². The molecule has 0 spiro atoms. The molecule has 1 aliphatic rings. The van der Waals surface area contributed by atoms with Crippen LogP contribution in [0.3, 0.4) is 0 Å². The number of rotatable bonds is 5. The largest absolute Gasteiger partial charge is 0.422 e. The van der Waals surface area contributed by atoms with Gasteiger partial charge in [0.15, 0.2) is 6.10 Å². The molecule has 1 fully saturated rings. The Morgan fingerprint density at radius 1 is 1.40 bits per heavy atom. The second-order valence-electron chi connectivity index (χ2n) is 6.46. The zero-order valence-corrected chi connectivity index (χ0v) is 14.4. The van der Waals surface area contributed by atoms with Crippen LogP contribution in [0, 0.1) is 5.82 Å². The lowest BCUT2D eigenvalue weighted by atomic mass is 10.1. The van der Waals surface area contributed by atoms with E-state index in [1.807, 2.05) is 19.9 Å². The van der Waals surface area contributed by atoms with Gasteiger partial charge in [0.2, 0.25) is 17.7 Å². The van der Waals surface area contributed by atoms with Crippen LogP contribution in [-0.4, -0.2) is 40.7 Å². The minimum absolute atomic E-state index is 0.0150. The average Bonchev–Trinajstić information content (AvgIpc) is 3.10. The molecule has 25 heavy (non-hydrogen) atoms. The van der Waals surface area contributed by atoms with E-state index in [0.29, 0.717) is 44.3 Å². The highest BCUT2D eigenvalue weighted by Crippen LogP contribution is 2.24. The van der Waals surface area contributed by atoms with Gasteiger partial charge in [-0.05, 0) is 24.1 Å². The summed E-state index contributed by atoms with van der Waals surface area (Å²) in [7, 11) is 0. The molecule has 1 atom stereocenters. The summed E-state index contributed by atoms with van der Waals surface area (Å²) in [6.07, 6.45) is 0.445. The van der Waals surface area contributed by atoms with E-state index in [-0.39, 0.29) is 17.6 Å². The van der Waals surface area contributed by atoms with Crippen molar-refractivity contribution in [3.8, 4) is 0 Å². The van der Waals surface area contributed by atoms with Gasteiger partial charge in [0.25, 0.3) is 0 Å². The Bertz CT molecular complexity index is 732. The van der Waals surface area contributed by atoms with Gasteiger partial charge in [0.05, 0.1) is 13.2 Å². The van der Waals surface area contributed by atoms with Crippen LogP contribution in [-0.2, 0) is 16.0 Å². The standard InChI is InChI=1S/C18H22FN3O3/c1-12(2)17-20-21-18(25-17)15-11-22(8-9-24-15)16(23)7-6-13-4-3-5-14(19)10-13/h3-5,10,12,15H,6-9,11H2,1-2H3. The maximum absolute atomic E-state index is 13.2. The van der Waals surface area contributed by atoms with Crippen LogP contribution in [0.25, 0.3) is 0 Å². The Balaban J connectivity index is 1.57. The van der Waals surface area contributed by atoms with Crippen LogP contribution in [0.2, 0.25) is 0 Å². The number of ether oxygens (including phenoxy) is 1. The van der Waals surface area contributed by atoms with E-state index in [1.165, 1.54) is 12.1 Å². The fraction of sp³-hybridized carbons (Fsp3) is 0.500. The molecule has 134 valence electrons. The van der Waals surface area contributed by atoms with Gasteiger partial charge < -0.3 is 14.1 Å². The molecular weight excluding hydrogens is 325 g/mol. The van der Waals surface area contributed by atoms with E-state index in [1.54, 1.807) is 11.0 Å². The van der Waals surface area contributed by atoms with Gasteiger partial charge in [0.1, 0.15) is 5.82 Å². The second kappa shape index (κ2) is 7.74. The molecule has 6 nitrogen and oxygen atoms in total. The highest BCUT2D eigenvalue weighted by Gasteiger charge is 2.29. The Morgan fingerprint density at radius 3 is 2.96 bits per heavy atom. The van der Waals surface area contributed by atoms with E-state index in [4.69, 9.17) is 9.15 Å². The van der Waals surface area contributed by atoms with E-state index < -0.39 is 6.10 Å². The maximum atomic E-state index is 13.2. The summed E-state index contributed by atoms with van der Waals surface area (Å²) in [4.78, 5) is 14.2. The van der Waals surface area contributed by atoms with Crippen molar-refractivity contribution in [1.82, 2.24) is 15.1 Å². The van der Waals surface area contributed by atoms with Gasteiger partial charge >= 0.3 is 0 Å². The summed E-state index contributed by atoms with van der Waals surface area (Å²) in [6.45, 7) is 5.30. The Hall–Kier alpha value is -2.28. The number of nitrogens with zero attached hydrogens (tertiary/aromatic N) is 3. The number of halogens is 1. The molecule has 0 aliphatic carbocycles. The molecule has 0 bridgehead atoms. The number of hydrogen-bond acceptors (Lipinski definition) is 5. The molecule has 2 aromatic rings. The number of amides is 1. The third kappa shape index (κ3) is 4.42. The number of aryl methyl sites for hydroxylation is 1. The molecule has 0 N–H and O–H groups in total. The fourth-order valence-corrected chi connectivity index (χ4v) is 2.74. The van der Waals surface area contributed by atoms with E-state index in [2.05, 4.69) is 10.2 Å². The highest BCUT2D eigenvalue weighted by molar-refractivity contribution is 5.76. The smallest absolute Gasteiger partial charge is 0.247 e. The molecule has 7 heteroatoms. The third-order valence-corrected chi connectivity index (χ3v) is 4.16. The number of aromatic nitrogens is 2. The third-order valence-electron chi connectivity index (χ3n) is 4.16. The lowest BCUT2D eigenvalue weighted by Gasteiger charge is -2.31. The molecule has 1 saturated heterocycles. The first-order valence-corrected chi connectivity index (χ1v) is 8.50. The van der Waals surface area contributed by atoms with Crippen LogP contribution >= 0.6 is 0 Å². The number of hydrogen-bond donors (Lipinski definition) is 0. The minimum Gasteiger partial charge on any atom is -0.422 e. The number of carbonyl (C=O) groups excluding carboxylic acids is 1. The molecule has 1 aromatic heterocycles. The number of carbonyl (C=O) groups is 1. The highest BCUT2D eigenvalue weighted by atomic mass is 19.1. The SMILES string of the molecule is CC(C)c1nnc(C2CN(C(=O)CCc3cccc(F)c3)CCO2)o1. The predicted molar refractivity (Wildman–Crippen MR) is 88.4 cm³/mol. The molecular formula is C18H22FN3O3. The van der Waals surface area contributed by atoms with Crippen LogP contribution in [0.15, 0.2) is 28.7 Å². The van der Waals surface area contributed by atoms with Crippen molar-refractivity contribution in [3.05, 3.63) is 47.4 Å². The van der Waals surface area contributed by atoms with Crippen LogP contribution in [0.5, 0.6) is 0 Å². The Labute approximate surface area is 146 Å². The fourth-order valence-electron chi connectivity index (χ4n) is 2.74. The molecule has 1 unspecified atom stereocenters. The molecule has 1 aliphatic heterocycles. The quantitative estimate of drug-likeness (QED) is 0.832. The maximum Gasteiger partial charge on any atom is 0.247 e. The van der Waals surface area contributed by atoms with E-state index in [9.17, 15) is 9.18 Å². The van der Waals surface area contributed by atoms with Crippen molar-refractivity contribution in [1.29, 1.82) is 0 Å². The average molecular weight is 347 g/mol. The summed E-state index contributed by atoms with van der Waals surface area (Å²) < 4.78 is 24.5. The summed E-state index contributed by atoms with van der Waals surface area (Å²) >= 11 is 0. The van der Waals surface area contributed by atoms with E-state index >= 15 is 0 Å². The van der Waals surface area contributed by atoms with Gasteiger partial charge in [0, 0.05) is 18.9 Å². The van der Waals surface area contributed by atoms with E-state index in [0.717, 1.165) is 5.56 Å². The Morgan fingerprint density at radius 2 is 2.24 bits per heavy atom. The zero-order chi connectivity index (χ0) is 17.8. The van der Waals surface area contributed by atoms with Crippen LogP contribution < -0.4 is 0 Å². The molecule has 2 heterocycles. The molecule has 0 radical (unpaired) electrons. The first-order valence-electron chi connectivity index (χ1n) is 8.50. The van der Waals surface area contributed by atoms with Gasteiger partial charge in [-0.15, -0.1) is 10.2 Å². The second-order valence-corrected chi connectivity index (χ2v) is 6.46. The van der Waals surface area contributed by atoms with Crippen molar-refractivity contribution in [2.24, 2.45) is 0 Å². The molecule has 0 saturated carbocycles. The Kier molecular flexibility index (Phi) is 5.43. The van der Waals surface area contributed by atoms with Crippen LogP contribution in [0.1, 0.15) is 49.6 Å². The lowest BCUT2D eigenvalue weighted by Crippen LogP contribution is -2.42. The first-order chi connectivity index (χ1) is 12.0. The van der Waals surface area contributed by atoms with Crippen molar-refractivity contribution < 1.29 is 18.3 Å². The monoisotopic (exact) mass is 347 g/mol. The van der Waals surface area contributed by atoms with Gasteiger partial charge in [-0.3, -0.25) is 4.79 Å². The summed E-state index contributed by atoms with van der Waals surface area (Å²) in [5.74, 6) is 0.850. The van der Waals surface area contributed by atoms with Gasteiger partial charge in [-0.25, -0.2) is 4.39 Å². The molecule has 3 rings (SSSR count). The van der Waals surface area contributed by atoms with Crippen LogP contribution in [0.4, 0.5) is 4.39 Å². The first kappa shape index (κ1) is 17.5. The van der Waals surface area contributed by atoms with Crippen molar-refractivity contribution in [2.75, 3.05) is 19.7 Å².